The van der Waals surface area contributed by atoms with Gasteiger partial charge in [0.05, 0.1) is 12.0 Å². The maximum Gasteiger partial charge on any atom is 0.260 e. The Hall–Kier alpha value is -2.12. The number of ether oxygens (including phenoxy) is 1. The number of nitrogens with zero attached hydrogens (tertiary/aromatic N) is 1. The molecule has 1 aromatic carbocycles. The Bertz CT molecular complexity index is 566. The van der Waals surface area contributed by atoms with E-state index in [0.29, 0.717) is 18.8 Å². The maximum atomic E-state index is 12.5. The number of primary amides is 1. The van der Waals surface area contributed by atoms with E-state index in [2.05, 4.69) is 10.9 Å². The van der Waals surface area contributed by atoms with Crippen molar-refractivity contribution >= 4 is 11.8 Å². The van der Waals surface area contributed by atoms with E-state index in [9.17, 15) is 9.59 Å². The molecule has 2 amide bonds. The first kappa shape index (κ1) is 15.8. The smallest absolute Gasteiger partial charge is 0.260 e. The van der Waals surface area contributed by atoms with E-state index in [0.717, 1.165) is 12.8 Å². The van der Waals surface area contributed by atoms with E-state index in [1.807, 2.05) is 35.2 Å². The van der Waals surface area contributed by atoms with Crippen molar-refractivity contribution in [2.45, 2.75) is 24.9 Å². The fourth-order valence-electron chi connectivity index (χ4n) is 3.38. The monoisotopic (exact) mass is 318 g/mol. The molecule has 3 atom stereocenters. The van der Waals surface area contributed by atoms with Gasteiger partial charge in [-0.1, -0.05) is 18.2 Å². The quantitative estimate of drug-likeness (QED) is 0.688. The average Bonchev–Trinajstić information content (AvgIpc) is 3.21. The van der Waals surface area contributed by atoms with Crippen LogP contribution in [0.4, 0.5) is 0 Å². The van der Waals surface area contributed by atoms with Gasteiger partial charge in [-0.05, 0) is 25.0 Å². The predicted octanol–water partition coefficient (Wildman–Crippen LogP) is -0.366. The number of hydrogen-bond acceptors (Lipinski definition) is 5. The molecule has 2 saturated heterocycles. The Balaban J connectivity index is 1.62. The molecule has 0 radical (unpaired) electrons. The number of nitrogens with one attached hydrogen (secondary N) is 2. The van der Waals surface area contributed by atoms with E-state index in [4.69, 9.17) is 10.5 Å². The number of benzene rings is 1. The zero-order valence-corrected chi connectivity index (χ0v) is 12.9. The summed E-state index contributed by atoms with van der Waals surface area (Å²) < 4.78 is 5.55. The van der Waals surface area contributed by atoms with E-state index in [-0.39, 0.29) is 36.4 Å². The van der Waals surface area contributed by atoms with Crippen LogP contribution in [0.2, 0.25) is 0 Å². The van der Waals surface area contributed by atoms with Gasteiger partial charge in [-0.3, -0.25) is 20.4 Å². The molecule has 0 spiro atoms. The van der Waals surface area contributed by atoms with Gasteiger partial charge >= 0.3 is 0 Å². The number of likely N-dealkylation sites (tertiary alicyclic amines) is 1. The number of para-hydroxylation sites is 1. The Labute approximate surface area is 135 Å². The number of hydrazine groups is 1. The normalized spacial score (nSPS) is 27.1. The summed E-state index contributed by atoms with van der Waals surface area (Å²) >= 11 is 0. The lowest BCUT2D eigenvalue weighted by atomic mass is 9.93. The summed E-state index contributed by atoms with van der Waals surface area (Å²) in [6, 6.07) is 9.09. The predicted molar refractivity (Wildman–Crippen MR) is 84.3 cm³/mol. The Morgan fingerprint density at radius 3 is 2.83 bits per heavy atom. The molecule has 23 heavy (non-hydrogen) atoms. The minimum Gasteiger partial charge on any atom is -0.484 e. The van der Waals surface area contributed by atoms with Gasteiger partial charge in [0.2, 0.25) is 5.91 Å². The highest BCUT2D eigenvalue weighted by Gasteiger charge is 2.43. The number of hydrogen-bond donors (Lipinski definition) is 3. The van der Waals surface area contributed by atoms with Crippen molar-refractivity contribution in [3.05, 3.63) is 30.3 Å². The third-order valence-corrected chi connectivity index (χ3v) is 4.53. The molecule has 3 unspecified atom stereocenters. The van der Waals surface area contributed by atoms with Gasteiger partial charge in [0.25, 0.3) is 5.91 Å². The lowest BCUT2D eigenvalue weighted by molar-refractivity contribution is -0.135. The standard InChI is InChI=1S/C16H22N4O3/c17-16(22)12-9-18-19-15(12)13-7-4-8-20(13)14(21)10-23-11-5-2-1-3-6-11/h1-3,5-6,12-13,15,18-19H,4,7-10H2,(H2,17,22). The highest BCUT2D eigenvalue weighted by molar-refractivity contribution is 5.80. The molecule has 124 valence electrons. The van der Waals surface area contributed by atoms with E-state index in [1.165, 1.54) is 0 Å². The van der Waals surface area contributed by atoms with Crippen LogP contribution in [-0.4, -0.2) is 48.5 Å². The number of rotatable bonds is 5. The average molecular weight is 318 g/mol. The van der Waals surface area contributed by atoms with Crippen molar-refractivity contribution in [3.63, 3.8) is 0 Å². The van der Waals surface area contributed by atoms with Crippen molar-refractivity contribution in [3.8, 4) is 5.75 Å². The second-order valence-electron chi connectivity index (χ2n) is 5.96. The Morgan fingerprint density at radius 1 is 1.30 bits per heavy atom. The van der Waals surface area contributed by atoms with Crippen molar-refractivity contribution in [1.29, 1.82) is 0 Å². The Kier molecular flexibility index (Phi) is 4.78. The lowest BCUT2D eigenvalue weighted by Gasteiger charge is -2.31. The summed E-state index contributed by atoms with van der Waals surface area (Å²) in [6.45, 7) is 1.19. The molecule has 7 nitrogen and oxygen atoms in total. The summed E-state index contributed by atoms with van der Waals surface area (Å²) in [7, 11) is 0. The molecule has 2 aliphatic heterocycles. The molecule has 4 N–H and O–H groups in total. The van der Waals surface area contributed by atoms with Gasteiger partial charge in [-0.2, -0.15) is 0 Å². The minimum atomic E-state index is -0.340. The zero-order valence-electron chi connectivity index (χ0n) is 12.9. The van der Waals surface area contributed by atoms with E-state index < -0.39 is 0 Å². The van der Waals surface area contributed by atoms with Gasteiger partial charge in [0.1, 0.15) is 5.75 Å². The molecule has 2 fully saturated rings. The molecular formula is C16H22N4O3. The number of carbonyl (C=O) groups excluding carboxylic acids is 2. The molecule has 2 aliphatic rings. The van der Waals surface area contributed by atoms with Gasteiger partial charge < -0.3 is 15.4 Å². The topological polar surface area (TPSA) is 96.7 Å². The molecule has 3 rings (SSSR count). The molecule has 2 heterocycles. The third-order valence-electron chi connectivity index (χ3n) is 4.53. The fraction of sp³-hybridized carbons (Fsp3) is 0.500. The van der Waals surface area contributed by atoms with Crippen molar-refractivity contribution in [2.24, 2.45) is 11.7 Å². The van der Waals surface area contributed by atoms with Crippen LogP contribution in [0.3, 0.4) is 0 Å². The van der Waals surface area contributed by atoms with Crippen LogP contribution >= 0.6 is 0 Å². The SMILES string of the molecule is NC(=O)C1CNNC1C1CCCN1C(=O)COc1ccccc1. The van der Waals surface area contributed by atoms with Crippen LogP contribution in [0.25, 0.3) is 0 Å². The van der Waals surface area contributed by atoms with Gasteiger partial charge in [0.15, 0.2) is 6.61 Å². The van der Waals surface area contributed by atoms with E-state index in [1.54, 1.807) is 0 Å². The van der Waals surface area contributed by atoms with Crippen LogP contribution in [0, 0.1) is 5.92 Å². The summed E-state index contributed by atoms with van der Waals surface area (Å²) in [4.78, 5) is 25.9. The van der Waals surface area contributed by atoms with Crippen molar-refractivity contribution < 1.29 is 14.3 Å². The number of nitrogens with two attached hydrogens (primary N) is 1. The summed E-state index contributed by atoms with van der Waals surface area (Å²) in [5, 5.41) is 0. The first-order chi connectivity index (χ1) is 11.2. The zero-order chi connectivity index (χ0) is 16.2. The van der Waals surface area contributed by atoms with Gasteiger partial charge in [-0.15, -0.1) is 0 Å². The van der Waals surface area contributed by atoms with E-state index >= 15 is 0 Å². The first-order valence-electron chi connectivity index (χ1n) is 7.92. The second kappa shape index (κ2) is 6.97. The third kappa shape index (κ3) is 3.46. The molecule has 0 bridgehead atoms. The van der Waals surface area contributed by atoms with Crippen molar-refractivity contribution in [2.75, 3.05) is 19.7 Å². The van der Waals surface area contributed by atoms with Crippen LogP contribution in [-0.2, 0) is 9.59 Å². The van der Waals surface area contributed by atoms with Crippen LogP contribution in [0.5, 0.6) is 5.75 Å². The molecule has 7 heteroatoms. The van der Waals surface area contributed by atoms with Gasteiger partial charge in [-0.25, -0.2) is 0 Å². The lowest BCUT2D eigenvalue weighted by Crippen LogP contribution is -2.53. The largest absolute Gasteiger partial charge is 0.484 e. The van der Waals surface area contributed by atoms with Crippen LogP contribution in [0.15, 0.2) is 30.3 Å². The highest BCUT2D eigenvalue weighted by Crippen LogP contribution is 2.26. The second-order valence-corrected chi connectivity index (χ2v) is 5.96. The number of amides is 2. The molecule has 0 aromatic heterocycles. The Morgan fingerprint density at radius 2 is 2.09 bits per heavy atom. The summed E-state index contributed by atoms with van der Waals surface area (Å²) in [5.41, 5.74) is 11.5. The summed E-state index contributed by atoms with van der Waals surface area (Å²) in [5.74, 6) is -0.0312. The van der Waals surface area contributed by atoms with Crippen LogP contribution in [0.1, 0.15) is 12.8 Å². The van der Waals surface area contributed by atoms with Crippen LogP contribution < -0.4 is 21.3 Å². The fourth-order valence-corrected chi connectivity index (χ4v) is 3.38. The summed E-state index contributed by atoms with van der Waals surface area (Å²) in [6.07, 6.45) is 1.78. The number of carbonyl (C=O) groups is 2. The maximum absolute atomic E-state index is 12.5. The molecule has 0 saturated carbocycles. The molecular weight excluding hydrogens is 296 g/mol. The minimum absolute atomic E-state index is 0.00188. The van der Waals surface area contributed by atoms with Crippen molar-refractivity contribution in [1.82, 2.24) is 15.8 Å². The molecule has 0 aliphatic carbocycles. The first-order valence-corrected chi connectivity index (χ1v) is 7.92. The highest BCUT2D eigenvalue weighted by atomic mass is 16.5. The molecule has 1 aromatic rings. The van der Waals surface area contributed by atoms with Gasteiger partial charge in [0, 0.05) is 19.1 Å².